The molecule has 0 saturated carbocycles. The van der Waals surface area contributed by atoms with Gasteiger partial charge in [0, 0.05) is 30.4 Å². The normalized spacial score (nSPS) is 12.0. The molecule has 0 spiro atoms. The second-order valence-electron chi connectivity index (χ2n) is 5.56. The Morgan fingerprint density at radius 2 is 2.00 bits per heavy atom. The highest BCUT2D eigenvalue weighted by molar-refractivity contribution is 5.90. The Hall–Kier alpha value is -3.56. The first kappa shape index (κ1) is 17.3. The Balaban J connectivity index is 1.73. The number of aromatic nitrogens is 4. The molecule has 0 aliphatic carbocycles. The fourth-order valence-corrected chi connectivity index (χ4v) is 2.21. The van der Waals surface area contributed by atoms with Crippen molar-refractivity contribution in [1.29, 1.82) is 0 Å². The molecule has 0 bridgehead atoms. The lowest BCUT2D eigenvalue weighted by Gasteiger charge is -2.08. The van der Waals surface area contributed by atoms with Gasteiger partial charge in [-0.1, -0.05) is 0 Å². The minimum Gasteiger partial charge on any atom is -0.449 e. The summed E-state index contributed by atoms with van der Waals surface area (Å²) in [5.41, 5.74) is 1.52. The Labute approximate surface area is 147 Å². The van der Waals surface area contributed by atoms with Crippen molar-refractivity contribution in [2.75, 3.05) is 0 Å². The van der Waals surface area contributed by atoms with E-state index in [1.165, 1.54) is 30.5 Å². The van der Waals surface area contributed by atoms with Crippen LogP contribution in [-0.2, 0) is 11.8 Å². The number of ether oxygens (including phenoxy) is 1. The summed E-state index contributed by atoms with van der Waals surface area (Å²) in [5, 5.41) is 22.4. The molecule has 1 atom stereocenters. The van der Waals surface area contributed by atoms with Crippen molar-refractivity contribution in [1.82, 2.24) is 20.0 Å². The average molecular weight is 357 g/mol. The van der Waals surface area contributed by atoms with Gasteiger partial charge in [0.05, 0.1) is 11.1 Å². The molecule has 1 aromatic carbocycles. The van der Waals surface area contributed by atoms with Crippen molar-refractivity contribution in [3.05, 3.63) is 57.7 Å². The van der Waals surface area contributed by atoms with Crippen LogP contribution < -0.4 is 0 Å². The Morgan fingerprint density at radius 1 is 1.31 bits per heavy atom. The van der Waals surface area contributed by atoms with Crippen LogP contribution >= 0.6 is 0 Å². The highest BCUT2D eigenvalue weighted by Crippen LogP contribution is 2.25. The second-order valence-corrected chi connectivity index (χ2v) is 5.56. The summed E-state index contributed by atoms with van der Waals surface area (Å²) in [6, 6.07) is 5.69. The first-order valence-corrected chi connectivity index (χ1v) is 7.64. The summed E-state index contributed by atoms with van der Waals surface area (Å²) >= 11 is 0. The van der Waals surface area contributed by atoms with E-state index in [2.05, 4.69) is 15.3 Å². The van der Waals surface area contributed by atoms with E-state index >= 15 is 0 Å². The molecule has 3 aromatic rings. The largest absolute Gasteiger partial charge is 0.449 e. The number of rotatable bonds is 5. The number of aryl methyl sites for hydroxylation is 1. The zero-order valence-electron chi connectivity index (χ0n) is 14.2. The molecule has 10 heteroatoms. The van der Waals surface area contributed by atoms with Crippen LogP contribution in [0, 0.1) is 17.0 Å². The summed E-state index contributed by atoms with van der Waals surface area (Å²) in [7, 11) is 1.73. The van der Waals surface area contributed by atoms with Crippen LogP contribution in [0.25, 0.3) is 11.5 Å². The van der Waals surface area contributed by atoms with Crippen molar-refractivity contribution in [2.45, 2.75) is 20.0 Å². The molecule has 0 aliphatic rings. The van der Waals surface area contributed by atoms with Crippen molar-refractivity contribution in [2.24, 2.45) is 7.05 Å². The SMILES string of the molecule is Cc1c(C(=O)O[C@@H](C)c2nnc(-c3ccc([N+](=O)[O-])cc3)o2)cnn1C. The summed E-state index contributed by atoms with van der Waals surface area (Å²) in [6.45, 7) is 3.37. The van der Waals surface area contributed by atoms with Gasteiger partial charge in [-0.05, 0) is 26.0 Å². The van der Waals surface area contributed by atoms with Crippen LogP contribution in [0.5, 0.6) is 0 Å². The Kier molecular flexibility index (Phi) is 4.48. The molecular weight excluding hydrogens is 342 g/mol. The van der Waals surface area contributed by atoms with E-state index in [0.29, 0.717) is 16.8 Å². The maximum Gasteiger partial charge on any atom is 0.342 e. The van der Waals surface area contributed by atoms with Gasteiger partial charge in [0.15, 0.2) is 6.10 Å². The van der Waals surface area contributed by atoms with Crippen LogP contribution in [0.15, 0.2) is 34.9 Å². The predicted molar refractivity (Wildman–Crippen MR) is 88.2 cm³/mol. The van der Waals surface area contributed by atoms with E-state index < -0.39 is 17.0 Å². The molecule has 0 radical (unpaired) electrons. The van der Waals surface area contributed by atoms with Crippen LogP contribution in [0.4, 0.5) is 5.69 Å². The molecule has 134 valence electrons. The molecule has 2 aromatic heterocycles. The number of carbonyl (C=O) groups is 1. The van der Waals surface area contributed by atoms with Crippen molar-refractivity contribution < 1.29 is 18.9 Å². The quantitative estimate of drug-likeness (QED) is 0.387. The molecule has 10 nitrogen and oxygen atoms in total. The molecule has 0 fully saturated rings. The van der Waals surface area contributed by atoms with Crippen molar-refractivity contribution >= 4 is 11.7 Å². The molecule has 0 saturated heterocycles. The molecule has 26 heavy (non-hydrogen) atoms. The van der Waals surface area contributed by atoms with Crippen LogP contribution in [0.2, 0.25) is 0 Å². The summed E-state index contributed by atoms with van der Waals surface area (Å²) in [5.74, 6) is -0.248. The van der Waals surface area contributed by atoms with Gasteiger partial charge >= 0.3 is 5.97 Å². The van der Waals surface area contributed by atoms with E-state index in [-0.39, 0.29) is 17.5 Å². The molecule has 0 N–H and O–H groups in total. The molecule has 0 unspecified atom stereocenters. The van der Waals surface area contributed by atoms with E-state index in [0.717, 1.165) is 0 Å². The molecular formula is C16H15N5O5. The number of nitro benzene ring substituents is 1. The van der Waals surface area contributed by atoms with Gasteiger partial charge in [-0.3, -0.25) is 14.8 Å². The highest BCUT2D eigenvalue weighted by Gasteiger charge is 2.22. The van der Waals surface area contributed by atoms with Gasteiger partial charge in [-0.25, -0.2) is 4.79 Å². The second kappa shape index (κ2) is 6.75. The fourth-order valence-electron chi connectivity index (χ4n) is 2.21. The molecule has 0 amide bonds. The number of carbonyl (C=O) groups excluding carboxylic acids is 1. The van der Waals surface area contributed by atoms with Crippen LogP contribution in [0.1, 0.15) is 35.0 Å². The van der Waals surface area contributed by atoms with Gasteiger partial charge in [-0.2, -0.15) is 5.10 Å². The van der Waals surface area contributed by atoms with Crippen LogP contribution in [0.3, 0.4) is 0 Å². The van der Waals surface area contributed by atoms with Gasteiger partial charge in [-0.15, -0.1) is 10.2 Å². The fraction of sp³-hybridized carbons (Fsp3) is 0.250. The number of non-ortho nitro benzene ring substituents is 1. The smallest absolute Gasteiger partial charge is 0.342 e. The maximum atomic E-state index is 12.2. The van der Waals surface area contributed by atoms with E-state index in [1.54, 1.807) is 25.6 Å². The zero-order chi connectivity index (χ0) is 18.8. The minimum atomic E-state index is -0.763. The third-order valence-electron chi connectivity index (χ3n) is 3.85. The summed E-state index contributed by atoms with van der Waals surface area (Å²) in [4.78, 5) is 22.4. The van der Waals surface area contributed by atoms with Gasteiger partial charge in [0.25, 0.3) is 11.6 Å². The number of nitro groups is 1. The lowest BCUT2D eigenvalue weighted by Crippen LogP contribution is -2.10. The molecule has 3 rings (SSSR count). The number of esters is 1. The van der Waals surface area contributed by atoms with E-state index in [1.807, 2.05) is 0 Å². The van der Waals surface area contributed by atoms with Crippen molar-refractivity contribution in [3.8, 4) is 11.5 Å². The van der Waals surface area contributed by atoms with Crippen LogP contribution in [-0.4, -0.2) is 30.9 Å². The zero-order valence-corrected chi connectivity index (χ0v) is 14.2. The standard InChI is InChI=1S/C16H15N5O5/c1-9-13(8-17-20(9)3)16(22)25-10(2)14-18-19-15(26-14)11-4-6-12(7-5-11)21(23)24/h4-8,10H,1-3H3/t10-/m0/s1. The third kappa shape index (κ3) is 3.29. The topological polar surface area (TPSA) is 126 Å². The first-order chi connectivity index (χ1) is 12.4. The monoisotopic (exact) mass is 357 g/mol. The summed E-state index contributed by atoms with van der Waals surface area (Å²) in [6.07, 6.45) is 0.668. The predicted octanol–water partition coefficient (Wildman–Crippen LogP) is 2.60. The van der Waals surface area contributed by atoms with Crippen molar-refractivity contribution in [3.63, 3.8) is 0 Å². The minimum absolute atomic E-state index is 0.0392. The van der Waals surface area contributed by atoms with Gasteiger partial charge in [0.1, 0.15) is 5.56 Å². The number of benzene rings is 1. The van der Waals surface area contributed by atoms with E-state index in [4.69, 9.17) is 9.15 Å². The number of nitrogens with zero attached hydrogens (tertiary/aromatic N) is 5. The lowest BCUT2D eigenvalue weighted by molar-refractivity contribution is -0.384. The highest BCUT2D eigenvalue weighted by atomic mass is 16.6. The number of hydrogen-bond donors (Lipinski definition) is 0. The maximum absolute atomic E-state index is 12.2. The number of hydrogen-bond acceptors (Lipinski definition) is 8. The lowest BCUT2D eigenvalue weighted by atomic mass is 10.2. The van der Waals surface area contributed by atoms with E-state index in [9.17, 15) is 14.9 Å². The molecule has 0 aliphatic heterocycles. The molecule has 2 heterocycles. The third-order valence-corrected chi connectivity index (χ3v) is 3.85. The van der Waals surface area contributed by atoms with Gasteiger partial charge < -0.3 is 9.15 Å². The first-order valence-electron chi connectivity index (χ1n) is 7.64. The average Bonchev–Trinajstić information content (AvgIpc) is 3.23. The Bertz CT molecular complexity index is 960. The Morgan fingerprint density at radius 3 is 2.58 bits per heavy atom. The summed E-state index contributed by atoms with van der Waals surface area (Å²) < 4.78 is 12.4. The van der Waals surface area contributed by atoms with Gasteiger partial charge in [0.2, 0.25) is 5.89 Å².